The molecule has 1 unspecified atom stereocenters. The van der Waals surface area contributed by atoms with Gasteiger partial charge in [-0.25, -0.2) is 4.98 Å². The van der Waals surface area contributed by atoms with Crippen molar-refractivity contribution in [3.8, 4) is 0 Å². The van der Waals surface area contributed by atoms with Gasteiger partial charge in [-0.15, -0.1) is 11.3 Å². The highest BCUT2D eigenvalue weighted by Crippen LogP contribution is 2.17. The minimum Gasteiger partial charge on any atom is -0.299 e. The molecule has 1 aliphatic rings. The van der Waals surface area contributed by atoms with Crippen LogP contribution in [0.15, 0.2) is 10.9 Å². The fourth-order valence-corrected chi connectivity index (χ4v) is 3.08. The van der Waals surface area contributed by atoms with Gasteiger partial charge < -0.3 is 0 Å². The number of nitrogens with zero attached hydrogens (tertiary/aromatic N) is 3. The Morgan fingerprint density at radius 1 is 1.62 bits per heavy atom. The Morgan fingerprint density at radius 2 is 2.50 bits per heavy atom. The van der Waals surface area contributed by atoms with Gasteiger partial charge >= 0.3 is 0 Å². The summed E-state index contributed by atoms with van der Waals surface area (Å²) in [5.74, 6) is 0. The average molecular weight is 239 g/mol. The summed E-state index contributed by atoms with van der Waals surface area (Å²) in [6, 6.07) is 0.758. The first-order valence-corrected chi connectivity index (χ1v) is 7.03. The molecule has 16 heavy (non-hydrogen) atoms. The van der Waals surface area contributed by atoms with Crippen LogP contribution >= 0.6 is 11.3 Å². The van der Waals surface area contributed by atoms with Crippen LogP contribution in [0.2, 0.25) is 0 Å². The van der Waals surface area contributed by atoms with Crippen molar-refractivity contribution in [1.29, 1.82) is 0 Å². The van der Waals surface area contributed by atoms with Crippen LogP contribution in [-0.2, 0) is 6.54 Å². The molecule has 0 saturated carbocycles. The van der Waals surface area contributed by atoms with E-state index in [1.807, 2.05) is 5.51 Å². The third-order valence-corrected chi connectivity index (χ3v) is 3.98. The topological polar surface area (TPSA) is 19.4 Å². The van der Waals surface area contributed by atoms with Gasteiger partial charge in [0.2, 0.25) is 0 Å². The van der Waals surface area contributed by atoms with E-state index in [0.717, 1.165) is 12.6 Å². The Kier molecular flexibility index (Phi) is 4.32. The number of hydrogen-bond acceptors (Lipinski definition) is 4. The van der Waals surface area contributed by atoms with Crippen molar-refractivity contribution in [3.63, 3.8) is 0 Å². The standard InChI is InChI=1S/C12H21N3S/c1-3-15-6-4-5-12(15)8-14(2)7-11-9-16-10-13-11/h9-10,12H,3-8H2,1-2H3. The first-order valence-electron chi connectivity index (χ1n) is 6.09. The molecule has 2 heterocycles. The molecule has 3 nitrogen and oxygen atoms in total. The minimum absolute atomic E-state index is 0.758. The third-order valence-electron chi connectivity index (χ3n) is 3.34. The van der Waals surface area contributed by atoms with Gasteiger partial charge in [0.05, 0.1) is 11.2 Å². The maximum atomic E-state index is 4.33. The second kappa shape index (κ2) is 5.75. The number of likely N-dealkylation sites (N-methyl/N-ethyl adjacent to an activating group) is 2. The maximum absolute atomic E-state index is 4.33. The van der Waals surface area contributed by atoms with Gasteiger partial charge in [0, 0.05) is 24.5 Å². The molecule has 4 heteroatoms. The summed E-state index contributed by atoms with van der Waals surface area (Å²) >= 11 is 1.68. The Hall–Kier alpha value is -0.450. The van der Waals surface area contributed by atoms with Crippen molar-refractivity contribution in [1.82, 2.24) is 14.8 Å². The lowest BCUT2D eigenvalue weighted by atomic mass is 10.2. The van der Waals surface area contributed by atoms with E-state index in [1.54, 1.807) is 11.3 Å². The smallest absolute Gasteiger partial charge is 0.0795 e. The van der Waals surface area contributed by atoms with E-state index in [2.05, 4.69) is 34.1 Å². The number of thiazole rings is 1. The van der Waals surface area contributed by atoms with Crippen LogP contribution in [0.5, 0.6) is 0 Å². The van der Waals surface area contributed by atoms with Crippen LogP contribution < -0.4 is 0 Å². The molecule has 0 amide bonds. The second-order valence-electron chi connectivity index (χ2n) is 4.60. The molecule has 0 radical (unpaired) electrons. The predicted molar refractivity (Wildman–Crippen MR) is 68.7 cm³/mol. The van der Waals surface area contributed by atoms with E-state index < -0.39 is 0 Å². The highest BCUT2D eigenvalue weighted by atomic mass is 32.1. The lowest BCUT2D eigenvalue weighted by Crippen LogP contribution is -2.38. The summed E-state index contributed by atoms with van der Waals surface area (Å²) in [7, 11) is 2.20. The van der Waals surface area contributed by atoms with E-state index in [1.165, 1.54) is 38.2 Å². The van der Waals surface area contributed by atoms with Gasteiger partial charge in [0.15, 0.2) is 0 Å². The highest BCUT2D eigenvalue weighted by molar-refractivity contribution is 7.07. The summed E-state index contributed by atoms with van der Waals surface area (Å²) < 4.78 is 0. The number of hydrogen-bond donors (Lipinski definition) is 0. The van der Waals surface area contributed by atoms with Crippen molar-refractivity contribution in [2.24, 2.45) is 0 Å². The van der Waals surface area contributed by atoms with Crippen molar-refractivity contribution in [2.75, 3.05) is 26.7 Å². The van der Waals surface area contributed by atoms with E-state index in [0.29, 0.717) is 0 Å². The lowest BCUT2D eigenvalue weighted by molar-refractivity contribution is 0.194. The molecular weight excluding hydrogens is 218 g/mol. The summed E-state index contributed by atoms with van der Waals surface area (Å²) in [5.41, 5.74) is 3.12. The molecule has 0 N–H and O–H groups in total. The quantitative estimate of drug-likeness (QED) is 0.784. The minimum atomic E-state index is 0.758. The molecule has 1 aliphatic heterocycles. The molecule has 1 aromatic rings. The van der Waals surface area contributed by atoms with E-state index >= 15 is 0 Å². The van der Waals surface area contributed by atoms with Gasteiger partial charge in [-0.2, -0.15) is 0 Å². The molecule has 0 aliphatic carbocycles. The summed E-state index contributed by atoms with van der Waals surface area (Å²) in [6.45, 7) is 6.89. The van der Waals surface area contributed by atoms with Crippen molar-refractivity contribution in [3.05, 3.63) is 16.6 Å². The van der Waals surface area contributed by atoms with Crippen LogP contribution in [0.25, 0.3) is 0 Å². The van der Waals surface area contributed by atoms with Crippen LogP contribution in [0.4, 0.5) is 0 Å². The monoisotopic (exact) mass is 239 g/mol. The Labute approximate surface area is 102 Å². The molecule has 0 aromatic carbocycles. The van der Waals surface area contributed by atoms with E-state index in [9.17, 15) is 0 Å². The van der Waals surface area contributed by atoms with Crippen molar-refractivity contribution < 1.29 is 0 Å². The van der Waals surface area contributed by atoms with Gasteiger partial charge in [-0.3, -0.25) is 9.80 Å². The average Bonchev–Trinajstić information content (AvgIpc) is 2.88. The molecule has 2 rings (SSSR count). The number of likely N-dealkylation sites (tertiary alicyclic amines) is 1. The van der Waals surface area contributed by atoms with Crippen molar-refractivity contribution in [2.45, 2.75) is 32.4 Å². The molecule has 1 atom stereocenters. The molecule has 1 fully saturated rings. The van der Waals surface area contributed by atoms with Gasteiger partial charge in [-0.1, -0.05) is 6.92 Å². The summed E-state index contributed by atoms with van der Waals surface area (Å²) in [6.07, 6.45) is 2.72. The predicted octanol–water partition coefficient (Wildman–Crippen LogP) is 2.06. The fraction of sp³-hybridized carbons (Fsp3) is 0.750. The zero-order valence-electron chi connectivity index (χ0n) is 10.2. The molecule has 90 valence electrons. The van der Waals surface area contributed by atoms with Crippen LogP contribution in [-0.4, -0.2) is 47.5 Å². The van der Waals surface area contributed by atoms with Gasteiger partial charge in [0.25, 0.3) is 0 Å². The van der Waals surface area contributed by atoms with Crippen LogP contribution in [0.3, 0.4) is 0 Å². The van der Waals surface area contributed by atoms with E-state index in [-0.39, 0.29) is 0 Å². The highest BCUT2D eigenvalue weighted by Gasteiger charge is 2.23. The lowest BCUT2D eigenvalue weighted by Gasteiger charge is -2.27. The Balaban J connectivity index is 1.80. The SMILES string of the molecule is CCN1CCCC1CN(C)Cc1cscn1. The van der Waals surface area contributed by atoms with Crippen molar-refractivity contribution >= 4 is 11.3 Å². The van der Waals surface area contributed by atoms with Crippen LogP contribution in [0, 0.1) is 0 Å². The summed E-state index contributed by atoms with van der Waals surface area (Å²) in [4.78, 5) is 9.32. The first kappa shape index (κ1) is 12.0. The third kappa shape index (κ3) is 3.03. The molecular formula is C12H21N3S. The summed E-state index contributed by atoms with van der Waals surface area (Å²) in [5, 5.41) is 2.14. The molecule has 0 spiro atoms. The number of aromatic nitrogens is 1. The maximum Gasteiger partial charge on any atom is 0.0795 e. The normalized spacial score (nSPS) is 22.1. The van der Waals surface area contributed by atoms with Gasteiger partial charge in [-0.05, 0) is 33.0 Å². The van der Waals surface area contributed by atoms with E-state index in [4.69, 9.17) is 0 Å². The van der Waals surface area contributed by atoms with Gasteiger partial charge in [0.1, 0.15) is 0 Å². The molecule has 1 saturated heterocycles. The zero-order chi connectivity index (χ0) is 11.4. The second-order valence-corrected chi connectivity index (χ2v) is 5.32. The first-order chi connectivity index (χ1) is 7.79. The Morgan fingerprint density at radius 3 is 3.19 bits per heavy atom. The molecule has 1 aromatic heterocycles. The zero-order valence-corrected chi connectivity index (χ0v) is 11.0. The van der Waals surface area contributed by atoms with Crippen LogP contribution in [0.1, 0.15) is 25.5 Å². The fourth-order valence-electron chi connectivity index (χ4n) is 2.53. The number of rotatable bonds is 5. The largest absolute Gasteiger partial charge is 0.299 e. The Bertz CT molecular complexity index is 299. The molecule has 0 bridgehead atoms.